The van der Waals surface area contributed by atoms with Crippen LogP contribution < -0.4 is 15.4 Å². The Kier molecular flexibility index (Phi) is 5.19. The lowest BCUT2D eigenvalue weighted by Gasteiger charge is -2.34. The highest BCUT2D eigenvalue weighted by Crippen LogP contribution is 2.29. The highest BCUT2D eigenvalue weighted by Gasteiger charge is 2.26. The molecule has 26 heavy (non-hydrogen) atoms. The van der Waals surface area contributed by atoms with Crippen LogP contribution in [0.4, 0.5) is 0 Å². The average molecular weight is 346 g/mol. The third-order valence-electron chi connectivity index (χ3n) is 5.38. The number of fused-ring (bicyclic) bond motifs is 1. The Morgan fingerprint density at radius 3 is 2.65 bits per heavy atom. The molecule has 2 atom stereocenters. The minimum atomic E-state index is 0.353. The summed E-state index contributed by atoms with van der Waals surface area (Å²) in [7, 11) is 1.75. The molecule has 1 saturated heterocycles. The third-order valence-corrected chi connectivity index (χ3v) is 5.38. The first-order valence-corrected chi connectivity index (χ1v) is 9.43. The van der Waals surface area contributed by atoms with Crippen LogP contribution in [0.3, 0.4) is 0 Å². The summed E-state index contributed by atoms with van der Waals surface area (Å²) in [6.07, 6.45) is 2.38. The molecule has 4 rings (SSSR count). The van der Waals surface area contributed by atoms with Crippen LogP contribution in [0.15, 0.2) is 66.7 Å². The van der Waals surface area contributed by atoms with E-state index in [0.29, 0.717) is 12.1 Å². The Bertz CT molecular complexity index is 862. The van der Waals surface area contributed by atoms with E-state index in [1.165, 1.54) is 34.7 Å². The number of rotatable bonds is 5. The van der Waals surface area contributed by atoms with E-state index in [1.54, 1.807) is 7.11 Å². The van der Waals surface area contributed by atoms with Gasteiger partial charge in [0.2, 0.25) is 0 Å². The largest absolute Gasteiger partial charge is 0.496 e. The standard InChI is InChI=1S/C23H26N2O/c1-26-22-14-13-17-8-5-6-11-19(17)20(22)16-25-21-12-7-15-24-23(21)18-9-3-2-4-10-18/h2-6,8-11,13-14,21,23-25H,7,12,15-16H2,1H3/t21-,23-/m1/s1. The first-order valence-electron chi connectivity index (χ1n) is 9.43. The van der Waals surface area contributed by atoms with Crippen molar-refractivity contribution in [3.05, 3.63) is 77.9 Å². The molecule has 0 spiro atoms. The van der Waals surface area contributed by atoms with E-state index in [-0.39, 0.29) is 0 Å². The van der Waals surface area contributed by atoms with Crippen molar-refractivity contribution < 1.29 is 4.74 Å². The number of benzene rings is 3. The predicted octanol–water partition coefficient (Wildman–Crippen LogP) is 4.43. The van der Waals surface area contributed by atoms with Gasteiger partial charge >= 0.3 is 0 Å². The molecule has 0 saturated carbocycles. The Morgan fingerprint density at radius 2 is 1.81 bits per heavy atom. The summed E-state index contributed by atoms with van der Waals surface area (Å²) in [5.74, 6) is 0.955. The topological polar surface area (TPSA) is 33.3 Å². The SMILES string of the molecule is COc1ccc2ccccc2c1CN[C@@H]1CCCN[C@@H]1c1ccccc1. The zero-order valence-corrected chi connectivity index (χ0v) is 15.2. The predicted molar refractivity (Wildman–Crippen MR) is 108 cm³/mol. The van der Waals surface area contributed by atoms with Crippen LogP contribution in [-0.4, -0.2) is 19.7 Å². The van der Waals surface area contributed by atoms with E-state index < -0.39 is 0 Å². The van der Waals surface area contributed by atoms with Gasteiger partial charge in [0.05, 0.1) is 7.11 Å². The normalized spacial score (nSPS) is 20.2. The van der Waals surface area contributed by atoms with Crippen molar-refractivity contribution in [2.75, 3.05) is 13.7 Å². The van der Waals surface area contributed by atoms with E-state index >= 15 is 0 Å². The van der Waals surface area contributed by atoms with E-state index in [2.05, 4.69) is 77.4 Å². The van der Waals surface area contributed by atoms with E-state index in [0.717, 1.165) is 18.8 Å². The molecule has 1 aliphatic rings. The van der Waals surface area contributed by atoms with Crippen molar-refractivity contribution in [2.45, 2.75) is 31.5 Å². The zero-order valence-electron chi connectivity index (χ0n) is 15.2. The quantitative estimate of drug-likeness (QED) is 0.717. The number of hydrogen-bond donors (Lipinski definition) is 2. The van der Waals surface area contributed by atoms with Crippen molar-refractivity contribution in [1.29, 1.82) is 0 Å². The molecule has 1 aliphatic heterocycles. The summed E-state index contributed by atoms with van der Waals surface area (Å²) in [6, 6.07) is 24.3. The maximum atomic E-state index is 5.65. The van der Waals surface area contributed by atoms with Crippen molar-refractivity contribution >= 4 is 10.8 Å². The minimum absolute atomic E-state index is 0.353. The summed E-state index contributed by atoms with van der Waals surface area (Å²) < 4.78 is 5.65. The lowest BCUT2D eigenvalue weighted by atomic mass is 9.92. The maximum Gasteiger partial charge on any atom is 0.123 e. The van der Waals surface area contributed by atoms with Gasteiger partial charge in [-0.15, -0.1) is 0 Å². The van der Waals surface area contributed by atoms with Crippen LogP contribution in [0.25, 0.3) is 10.8 Å². The van der Waals surface area contributed by atoms with Gasteiger partial charge in [0.25, 0.3) is 0 Å². The molecule has 0 aliphatic carbocycles. The smallest absolute Gasteiger partial charge is 0.123 e. The van der Waals surface area contributed by atoms with Gasteiger partial charge in [-0.05, 0) is 41.8 Å². The molecule has 0 amide bonds. The van der Waals surface area contributed by atoms with Gasteiger partial charge in [-0.1, -0.05) is 60.7 Å². The molecular formula is C23H26N2O. The first kappa shape index (κ1) is 17.1. The molecular weight excluding hydrogens is 320 g/mol. The van der Waals surface area contributed by atoms with Crippen LogP contribution in [0.5, 0.6) is 5.75 Å². The number of hydrogen-bond acceptors (Lipinski definition) is 3. The van der Waals surface area contributed by atoms with Gasteiger partial charge < -0.3 is 15.4 Å². The minimum Gasteiger partial charge on any atom is -0.496 e. The van der Waals surface area contributed by atoms with Gasteiger partial charge in [0, 0.05) is 24.2 Å². The second-order valence-corrected chi connectivity index (χ2v) is 6.94. The van der Waals surface area contributed by atoms with E-state index in [1.807, 2.05) is 0 Å². The summed E-state index contributed by atoms with van der Waals surface area (Å²) in [5, 5.41) is 10.0. The Morgan fingerprint density at radius 1 is 1.00 bits per heavy atom. The van der Waals surface area contributed by atoms with Gasteiger partial charge in [0.15, 0.2) is 0 Å². The fourth-order valence-electron chi connectivity index (χ4n) is 4.04. The molecule has 0 radical (unpaired) electrons. The van der Waals surface area contributed by atoms with Gasteiger partial charge in [-0.2, -0.15) is 0 Å². The summed E-state index contributed by atoms with van der Waals surface area (Å²) >= 11 is 0. The van der Waals surface area contributed by atoms with Crippen LogP contribution in [0, 0.1) is 0 Å². The number of nitrogens with one attached hydrogen (secondary N) is 2. The summed E-state index contributed by atoms with van der Waals surface area (Å²) in [6.45, 7) is 1.88. The zero-order chi connectivity index (χ0) is 17.8. The van der Waals surface area contributed by atoms with Crippen LogP contribution in [0.2, 0.25) is 0 Å². The fourth-order valence-corrected chi connectivity index (χ4v) is 4.04. The van der Waals surface area contributed by atoms with Crippen LogP contribution in [-0.2, 0) is 6.54 Å². The van der Waals surface area contributed by atoms with Gasteiger partial charge in [-0.25, -0.2) is 0 Å². The molecule has 134 valence electrons. The molecule has 3 aromatic rings. The van der Waals surface area contributed by atoms with Crippen LogP contribution >= 0.6 is 0 Å². The summed E-state index contributed by atoms with van der Waals surface area (Å²) in [5.41, 5.74) is 2.59. The maximum absolute atomic E-state index is 5.65. The second-order valence-electron chi connectivity index (χ2n) is 6.94. The molecule has 3 heteroatoms. The highest BCUT2D eigenvalue weighted by molar-refractivity contribution is 5.87. The van der Waals surface area contributed by atoms with Gasteiger partial charge in [-0.3, -0.25) is 0 Å². The lowest BCUT2D eigenvalue weighted by molar-refractivity contribution is 0.303. The molecule has 2 N–H and O–H groups in total. The third kappa shape index (κ3) is 3.46. The van der Waals surface area contributed by atoms with Crippen molar-refractivity contribution in [3.8, 4) is 5.75 Å². The van der Waals surface area contributed by atoms with Crippen molar-refractivity contribution in [1.82, 2.24) is 10.6 Å². The van der Waals surface area contributed by atoms with Gasteiger partial charge in [0.1, 0.15) is 5.75 Å². The Labute approximate surface area is 155 Å². The monoisotopic (exact) mass is 346 g/mol. The summed E-state index contributed by atoms with van der Waals surface area (Å²) in [4.78, 5) is 0. The molecule has 0 aromatic heterocycles. The van der Waals surface area contributed by atoms with Crippen LogP contribution in [0.1, 0.15) is 30.0 Å². The number of ether oxygens (including phenoxy) is 1. The first-order chi connectivity index (χ1) is 12.9. The molecule has 3 aromatic carbocycles. The molecule has 1 heterocycles. The van der Waals surface area contributed by atoms with E-state index in [9.17, 15) is 0 Å². The molecule has 3 nitrogen and oxygen atoms in total. The van der Waals surface area contributed by atoms with Crippen molar-refractivity contribution in [3.63, 3.8) is 0 Å². The fraction of sp³-hybridized carbons (Fsp3) is 0.304. The second kappa shape index (κ2) is 7.90. The molecule has 0 bridgehead atoms. The van der Waals surface area contributed by atoms with Crippen molar-refractivity contribution in [2.24, 2.45) is 0 Å². The Hall–Kier alpha value is -2.36. The highest BCUT2D eigenvalue weighted by atomic mass is 16.5. The molecule has 0 unspecified atom stereocenters. The average Bonchev–Trinajstić information content (AvgIpc) is 2.72. The lowest BCUT2D eigenvalue weighted by Crippen LogP contribution is -2.45. The number of methoxy groups -OCH3 is 1. The number of piperidine rings is 1. The van der Waals surface area contributed by atoms with E-state index in [4.69, 9.17) is 4.74 Å². The molecule has 1 fully saturated rings. The Balaban J connectivity index is 1.59.